The predicted molar refractivity (Wildman–Crippen MR) is 103 cm³/mol. The normalized spacial score (nSPS) is 16.0. The monoisotopic (exact) mass is 372 g/mol. The molecular weight excluding hydrogens is 356 g/mol. The zero-order valence-corrected chi connectivity index (χ0v) is 15.1. The summed E-state index contributed by atoms with van der Waals surface area (Å²) in [4.78, 5) is 32.8. The van der Waals surface area contributed by atoms with Crippen molar-refractivity contribution < 1.29 is 9.53 Å². The van der Waals surface area contributed by atoms with Gasteiger partial charge in [0.05, 0.1) is 36.2 Å². The van der Waals surface area contributed by atoms with Crippen LogP contribution in [0.2, 0.25) is 0 Å². The molecule has 138 valence electrons. The van der Waals surface area contributed by atoms with Crippen molar-refractivity contribution in [3.05, 3.63) is 94.0 Å². The maximum atomic E-state index is 12.9. The molecule has 1 aliphatic rings. The van der Waals surface area contributed by atoms with Gasteiger partial charge < -0.3 is 4.74 Å². The lowest BCUT2D eigenvalue weighted by Crippen LogP contribution is -2.26. The van der Waals surface area contributed by atoms with Crippen LogP contribution in [0.25, 0.3) is 10.9 Å². The Balaban J connectivity index is 1.90. The molecule has 0 radical (unpaired) electrons. The molecule has 0 saturated carbocycles. The van der Waals surface area contributed by atoms with Crippen molar-refractivity contribution >= 4 is 16.8 Å². The van der Waals surface area contributed by atoms with E-state index in [1.807, 2.05) is 18.1 Å². The van der Waals surface area contributed by atoms with E-state index in [4.69, 9.17) is 4.74 Å². The highest BCUT2D eigenvalue weighted by Gasteiger charge is 2.24. The average Bonchev–Trinajstić information content (AvgIpc) is 2.76. The molecule has 0 aliphatic heterocycles. The lowest BCUT2D eigenvalue weighted by molar-refractivity contribution is 0.305. The molecular formula is C21H16N4O3. The summed E-state index contributed by atoms with van der Waals surface area (Å²) < 4.78 is 6.58. The lowest BCUT2D eigenvalue weighted by Gasteiger charge is -2.18. The van der Waals surface area contributed by atoms with Gasteiger partial charge in [-0.2, -0.15) is 5.10 Å². The Morgan fingerprint density at radius 1 is 1.21 bits per heavy atom. The van der Waals surface area contributed by atoms with E-state index >= 15 is 0 Å². The summed E-state index contributed by atoms with van der Waals surface area (Å²) in [6, 6.07) is 7.07. The Labute approximate surface area is 160 Å². The van der Waals surface area contributed by atoms with Gasteiger partial charge in [-0.1, -0.05) is 6.08 Å². The lowest BCUT2D eigenvalue weighted by atomic mass is 9.90. The number of hydrogen-bond donors (Lipinski definition) is 0. The molecule has 0 spiro atoms. The molecule has 3 aromatic heterocycles. The second kappa shape index (κ2) is 7.42. The largest absolute Gasteiger partial charge is 0.497 e. The predicted octanol–water partition coefficient (Wildman–Crippen LogP) is 2.18. The summed E-state index contributed by atoms with van der Waals surface area (Å²) in [5.74, 6) is 2.04. The van der Waals surface area contributed by atoms with Gasteiger partial charge in [0.1, 0.15) is 17.2 Å². The molecule has 0 saturated heterocycles. The first-order valence-electron chi connectivity index (χ1n) is 8.65. The molecule has 3 aromatic rings. The third-order valence-electron chi connectivity index (χ3n) is 4.56. The highest BCUT2D eigenvalue weighted by molar-refractivity contribution is 5.81. The first kappa shape index (κ1) is 17.6. The van der Waals surface area contributed by atoms with Crippen LogP contribution in [0.1, 0.15) is 17.2 Å². The van der Waals surface area contributed by atoms with Crippen molar-refractivity contribution in [3.63, 3.8) is 0 Å². The van der Waals surface area contributed by atoms with E-state index in [1.54, 1.807) is 49.0 Å². The molecule has 3 heterocycles. The zero-order valence-electron chi connectivity index (χ0n) is 15.1. The fraction of sp³-hybridized carbons (Fsp3) is 0.143. The third-order valence-corrected chi connectivity index (χ3v) is 4.56. The minimum Gasteiger partial charge on any atom is -0.497 e. The fourth-order valence-electron chi connectivity index (χ4n) is 3.17. The van der Waals surface area contributed by atoms with E-state index < -0.39 is 5.92 Å². The summed E-state index contributed by atoms with van der Waals surface area (Å²) in [5.41, 5.74) is 2.01. The first-order valence-corrected chi connectivity index (χ1v) is 8.65. The van der Waals surface area contributed by atoms with Crippen LogP contribution in [0.3, 0.4) is 0 Å². The van der Waals surface area contributed by atoms with Crippen LogP contribution in [0.4, 0.5) is 0 Å². The van der Waals surface area contributed by atoms with Crippen molar-refractivity contribution in [2.24, 2.45) is 0 Å². The molecule has 0 bridgehead atoms. The number of carbonyl (C=O) groups excluding carboxylic acids is 1. The van der Waals surface area contributed by atoms with Gasteiger partial charge in [0, 0.05) is 18.6 Å². The van der Waals surface area contributed by atoms with Crippen molar-refractivity contribution in [1.29, 1.82) is 0 Å². The minimum atomic E-state index is -0.474. The highest BCUT2D eigenvalue weighted by atomic mass is 16.5. The van der Waals surface area contributed by atoms with Gasteiger partial charge in [-0.05, 0) is 42.0 Å². The highest BCUT2D eigenvalue weighted by Crippen LogP contribution is 2.31. The molecule has 1 atom stereocenters. The maximum Gasteiger partial charge on any atom is 0.276 e. The summed E-state index contributed by atoms with van der Waals surface area (Å²) in [5, 5.41) is 5.01. The second-order valence-corrected chi connectivity index (χ2v) is 6.25. The molecule has 28 heavy (non-hydrogen) atoms. The molecule has 1 unspecified atom stereocenters. The second-order valence-electron chi connectivity index (χ2n) is 6.25. The number of nitrogens with zero attached hydrogens (tertiary/aromatic N) is 4. The molecule has 4 rings (SSSR count). The smallest absolute Gasteiger partial charge is 0.276 e. The fourth-order valence-corrected chi connectivity index (χ4v) is 3.17. The van der Waals surface area contributed by atoms with Crippen LogP contribution in [0.5, 0.6) is 0 Å². The number of aromatic nitrogens is 4. The standard InChI is InChI=1S/C21H16N4O3/c1-28-16-4-5-17(15(11-16)13-26)20-19-18(3-2-8-23-19)21(27)25(24-20)12-14-6-9-22-10-7-14/h2-11,17H,12H2,1H3. The average molecular weight is 372 g/mol. The van der Waals surface area contributed by atoms with Gasteiger partial charge in [-0.3, -0.25) is 14.8 Å². The van der Waals surface area contributed by atoms with Crippen LogP contribution in [-0.2, 0) is 16.1 Å². The van der Waals surface area contributed by atoms with Gasteiger partial charge in [0.25, 0.3) is 5.56 Å². The van der Waals surface area contributed by atoms with Crippen LogP contribution >= 0.6 is 0 Å². The van der Waals surface area contributed by atoms with E-state index in [0.29, 0.717) is 27.9 Å². The Morgan fingerprint density at radius 3 is 2.79 bits per heavy atom. The summed E-state index contributed by atoms with van der Waals surface area (Å²) in [6.45, 7) is 0.287. The van der Waals surface area contributed by atoms with E-state index in [0.717, 1.165) is 5.56 Å². The molecule has 7 nitrogen and oxygen atoms in total. The minimum absolute atomic E-state index is 0.242. The van der Waals surface area contributed by atoms with Crippen LogP contribution in [-0.4, -0.2) is 32.8 Å². The number of hydrogen-bond acceptors (Lipinski definition) is 6. The molecule has 0 amide bonds. The zero-order chi connectivity index (χ0) is 19.5. The summed E-state index contributed by atoms with van der Waals surface area (Å²) in [7, 11) is 1.53. The number of methoxy groups -OCH3 is 1. The Bertz CT molecular complexity index is 1210. The van der Waals surface area contributed by atoms with Crippen LogP contribution in [0, 0.1) is 0 Å². The van der Waals surface area contributed by atoms with Gasteiger partial charge in [-0.25, -0.2) is 9.48 Å². The van der Waals surface area contributed by atoms with Crippen LogP contribution < -0.4 is 5.56 Å². The Hall–Kier alpha value is -3.83. The summed E-state index contributed by atoms with van der Waals surface area (Å²) in [6.07, 6.45) is 10.1. The summed E-state index contributed by atoms with van der Waals surface area (Å²) >= 11 is 0. The van der Waals surface area contributed by atoms with Gasteiger partial charge in [0.2, 0.25) is 0 Å². The number of allylic oxidation sites excluding steroid dienone is 4. The van der Waals surface area contributed by atoms with Crippen molar-refractivity contribution in [1.82, 2.24) is 19.7 Å². The van der Waals surface area contributed by atoms with Gasteiger partial charge >= 0.3 is 0 Å². The van der Waals surface area contributed by atoms with E-state index in [2.05, 4.69) is 15.1 Å². The molecule has 0 fully saturated rings. The molecule has 0 aromatic carbocycles. The van der Waals surface area contributed by atoms with E-state index in [-0.39, 0.29) is 12.1 Å². The van der Waals surface area contributed by atoms with Crippen LogP contribution in [0.15, 0.2) is 77.2 Å². The maximum absolute atomic E-state index is 12.9. The van der Waals surface area contributed by atoms with Crippen molar-refractivity contribution in [2.45, 2.75) is 12.5 Å². The van der Waals surface area contributed by atoms with Gasteiger partial charge in [0.15, 0.2) is 0 Å². The molecule has 7 heteroatoms. The molecule has 1 aliphatic carbocycles. The number of pyridine rings is 2. The van der Waals surface area contributed by atoms with E-state index in [1.165, 1.54) is 11.8 Å². The molecule has 0 N–H and O–H groups in total. The quantitative estimate of drug-likeness (QED) is 0.653. The number of fused-ring (bicyclic) bond motifs is 1. The van der Waals surface area contributed by atoms with Crippen molar-refractivity contribution in [2.75, 3.05) is 7.11 Å². The SMILES string of the molecule is COC1=CC(=C=O)C(c2nn(Cc3ccncc3)c(=O)c3cccnc23)C=C1. The van der Waals surface area contributed by atoms with E-state index in [9.17, 15) is 9.59 Å². The number of rotatable bonds is 4. The Kier molecular flexibility index (Phi) is 4.66. The Morgan fingerprint density at radius 2 is 2.04 bits per heavy atom. The topological polar surface area (TPSA) is 87.0 Å². The van der Waals surface area contributed by atoms with Crippen molar-refractivity contribution in [3.8, 4) is 0 Å². The number of ether oxygens (including phenoxy) is 1. The first-order chi connectivity index (χ1) is 13.7. The third kappa shape index (κ3) is 3.15. The van der Waals surface area contributed by atoms with Gasteiger partial charge in [-0.15, -0.1) is 0 Å².